The summed E-state index contributed by atoms with van der Waals surface area (Å²) in [6.07, 6.45) is 1.42. The van der Waals surface area contributed by atoms with Gasteiger partial charge in [0.05, 0.1) is 17.6 Å². The monoisotopic (exact) mass is 292 g/mol. The van der Waals surface area contributed by atoms with Crippen molar-refractivity contribution in [2.24, 2.45) is 0 Å². The van der Waals surface area contributed by atoms with Crippen molar-refractivity contribution in [2.45, 2.75) is 39.4 Å². The van der Waals surface area contributed by atoms with E-state index in [9.17, 15) is 0 Å². The van der Waals surface area contributed by atoms with Crippen molar-refractivity contribution in [1.82, 2.24) is 9.97 Å². The van der Waals surface area contributed by atoms with E-state index in [1.54, 1.807) is 11.3 Å². The van der Waals surface area contributed by atoms with Crippen LogP contribution in [-0.2, 0) is 11.2 Å². The third-order valence-corrected chi connectivity index (χ3v) is 4.68. The molecule has 2 aromatic heterocycles. The molecule has 20 heavy (non-hydrogen) atoms. The molecule has 0 radical (unpaired) electrons. The number of aromatic nitrogens is 2. The molecule has 1 aliphatic rings. The zero-order valence-electron chi connectivity index (χ0n) is 12.1. The molecule has 2 N–H and O–H groups in total. The quantitative estimate of drug-likeness (QED) is 0.921. The Hall–Kier alpha value is -1.40. The van der Waals surface area contributed by atoms with Crippen molar-refractivity contribution in [3.8, 4) is 0 Å². The van der Waals surface area contributed by atoms with Gasteiger partial charge in [0.25, 0.3) is 0 Å². The molecule has 5 nitrogen and oxygen atoms in total. The average molecular weight is 292 g/mol. The Bertz CT molecular complexity index is 617. The van der Waals surface area contributed by atoms with E-state index in [0.717, 1.165) is 35.5 Å². The van der Waals surface area contributed by atoms with Crippen molar-refractivity contribution in [3.63, 3.8) is 0 Å². The molecule has 6 heteroatoms. The van der Waals surface area contributed by atoms with Gasteiger partial charge in [0.15, 0.2) is 0 Å². The van der Waals surface area contributed by atoms with Crippen LogP contribution < -0.4 is 10.6 Å². The number of nitrogens with zero attached hydrogens (tertiary/aromatic N) is 3. The minimum absolute atomic E-state index is 0.203. The number of hydrogen-bond donors (Lipinski definition) is 1. The summed E-state index contributed by atoms with van der Waals surface area (Å²) in [6.45, 7) is 8.02. The van der Waals surface area contributed by atoms with Gasteiger partial charge in [0.2, 0.25) is 5.95 Å². The molecule has 1 fully saturated rings. The Labute approximate surface area is 122 Å². The molecule has 108 valence electrons. The highest BCUT2D eigenvalue weighted by atomic mass is 32.1. The smallest absolute Gasteiger partial charge is 0.223 e. The van der Waals surface area contributed by atoms with E-state index in [1.165, 1.54) is 4.88 Å². The zero-order chi connectivity index (χ0) is 14.3. The van der Waals surface area contributed by atoms with Gasteiger partial charge in [-0.15, -0.1) is 11.3 Å². The number of thiophene rings is 1. The third-order valence-electron chi connectivity index (χ3n) is 3.51. The van der Waals surface area contributed by atoms with Crippen LogP contribution in [0.25, 0.3) is 10.2 Å². The lowest BCUT2D eigenvalue weighted by Gasteiger charge is -2.36. The van der Waals surface area contributed by atoms with Crippen molar-refractivity contribution >= 4 is 33.3 Å². The molecule has 3 heterocycles. The molecule has 2 atom stereocenters. The second kappa shape index (κ2) is 5.18. The number of fused-ring (bicyclic) bond motifs is 1. The van der Waals surface area contributed by atoms with Gasteiger partial charge in [-0.3, -0.25) is 0 Å². The SMILES string of the molecule is CCc1cc2c(N3C[C@@H](C)O[C@@H](C)C3)nc(N)nc2s1. The molecule has 2 aromatic rings. The van der Waals surface area contributed by atoms with Crippen LogP contribution in [0.4, 0.5) is 11.8 Å². The summed E-state index contributed by atoms with van der Waals surface area (Å²) in [6, 6.07) is 2.19. The Morgan fingerprint density at radius 3 is 2.70 bits per heavy atom. The molecule has 1 saturated heterocycles. The van der Waals surface area contributed by atoms with Crippen molar-refractivity contribution in [2.75, 3.05) is 23.7 Å². The lowest BCUT2D eigenvalue weighted by molar-refractivity contribution is -0.00536. The first-order valence-electron chi connectivity index (χ1n) is 7.03. The van der Waals surface area contributed by atoms with E-state index >= 15 is 0 Å². The highest BCUT2D eigenvalue weighted by molar-refractivity contribution is 7.18. The molecule has 0 spiro atoms. The Morgan fingerprint density at radius 2 is 2.05 bits per heavy atom. The summed E-state index contributed by atoms with van der Waals surface area (Å²) in [5, 5.41) is 1.11. The predicted octanol–water partition coefficient (Wildman–Crippen LogP) is 2.45. The molecule has 0 aromatic carbocycles. The number of nitrogen functional groups attached to an aromatic ring is 1. The number of ether oxygens (including phenoxy) is 1. The lowest BCUT2D eigenvalue weighted by Crippen LogP contribution is -2.46. The first-order chi connectivity index (χ1) is 9.56. The molecule has 0 amide bonds. The van der Waals surface area contributed by atoms with Crippen molar-refractivity contribution in [3.05, 3.63) is 10.9 Å². The number of rotatable bonds is 2. The highest BCUT2D eigenvalue weighted by Gasteiger charge is 2.25. The highest BCUT2D eigenvalue weighted by Crippen LogP contribution is 2.33. The van der Waals surface area contributed by atoms with Gasteiger partial charge < -0.3 is 15.4 Å². The summed E-state index contributed by atoms with van der Waals surface area (Å²) < 4.78 is 5.79. The van der Waals surface area contributed by atoms with Gasteiger partial charge in [0.1, 0.15) is 10.6 Å². The summed E-state index contributed by atoms with van der Waals surface area (Å²) in [7, 11) is 0. The molecular weight excluding hydrogens is 272 g/mol. The van der Waals surface area contributed by atoms with Gasteiger partial charge in [-0.2, -0.15) is 4.98 Å². The van der Waals surface area contributed by atoms with E-state index < -0.39 is 0 Å². The molecular formula is C14H20N4OS. The van der Waals surface area contributed by atoms with Gasteiger partial charge in [-0.1, -0.05) is 6.92 Å². The molecule has 3 rings (SSSR count). The maximum Gasteiger partial charge on any atom is 0.223 e. The van der Waals surface area contributed by atoms with E-state index in [0.29, 0.717) is 5.95 Å². The maximum atomic E-state index is 5.88. The van der Waals surface area contributed by atoms with Crippen LogP contribution >= 0.6 is 11.3 Å². The molecule has 0 bridgehead atoms. The fraction of sp³-hybridized carbons (Fsp3) is 0.571. The molecule has 0 unspecified atom stereocenters. The number of nitrogens with two attached hydrogens (primary N) is 1. The fourth-order valence-electron chi connectivity index (χ4n) is 2.74. The van der Waals surface area contributed by atoms with E-state index in [4.69, 9.17) is 10.5 Å². The number of aryl methyl sites for hydroxylation is 1. The van der Waals surface area contributed by atoms with Crippen LogP contribution in [0.5, 0.6) is 0 Å². The zero-order valence-corrected chi connectivity index (χ0v) is 12.9. The fourth-order valence-corrected chi connectivity index (χ4v) is 3.71. The normalized spacial score (nSPS) is 23.4. The number of morpholine rings is 1. The molecule has 1 aliphatic heterocycles. The van der Waals surface area contributed by atoms with Crippen LogP contribution in [0, 0.1) is 0 Å². The first kappa shape index (κ1) is 13.6. The summed E-state index contributed by atoms with van der Waals surface area (Å²) in [4.78, 5) is 13.4. The minimum Gasteiger partial charge on any atom is -0.372 e. The van der Waals surface area contributed by atoms with Gasteiger partial charge in [0, 0.05) is 18.0 Å². The second-order valence-corrected chi connectivity index (χ2v) is 6.47. The summed E-state index contributed by atoms with van der Waals surface area (Å²) in [5.74, 6) is 1.30. The van der Waals surface area contributed by atoms with Gasteiger partial charge >= 0.3 is 0 Å². The van der Waals surface area contributed by atoms with E-state index in [2.05, 4.69) is 41.7 Å². The molecule has 0 aliphatic carbocycles. The van der Waals surface area contributed by atoms with Crippen LogP contribution in [0.3, 0.4) is 0 Å². The summed E-state index contributed by atoms with van der Waals surface area (Å²) in [5.41, 5.74) is 5.88. The van der Waals surface area contributed by atoms with Gasteiger partial charge in [-0.25, -0.2) is 4.98 Å². The van der Waals surface area contributed by atoms with Crippen molar-refractivity contribution in [1.29, 1.82) is 0 Å². The van der Waals surface area contributed by atoms with Crippen molar-refractivity contribution < 1.29 is 4.74 Å². The number of hydrogen-bond acceptors (Lipinski definition) is 6. The first-order valence-corrected chi connectivity index (χ1v) is 7.84. The van der Waals surface area contributed by atoms with Crippen LogP contribution in [0.2, 0.25) is 0 Å². The second-order valence-electron chi connectivity index (χ2n) is 5.35. The standard InChI is InChI=1S/C14H20N4OS/c1-4-10-5-11-12(16-14(15)17-13(11)20-10)18-6-8(2)19-9(3)7-18/h5,8-9H,4,6-7H2,1-3H3,(H2,15,16,17)/t8-,9+. The van der Waals surface area contributed by atoms with E-state index in [-0.39, 0.29) is 12.2 Å². The Morgan fingerprint density at radius 1 is 1.35 bits per heavy atom. The van der Waals surface area contributed by atoms with Crippen LogP contribution in [-0.4, -0.2) is 35.3 Å². The number of anilines is 2. The lowest BCUT2D eigenvalue weighted by atomic mass is 10.2. The average Bonchev–Trinajstić information content (AvgIpc) is 2.79. The largest absolute Gasteiger partial charge is 0.372 e. The topological polar surface area (TPSA) is 64.3 Å². The van der Waals surface area contributed by atoms with E-state index in [1.807, 2.05) is 0 Å². The predicted molar refractivity (Wildman–Crippen MR) is 83.4 cm³/mol. The van der Waals surface area contributed by atoms with Crippen LogP contribution in [0.15, 0.2) is 6.07 Å². The molecule has 0 saturated carbocycles. The Kier molecular flexibility index (Phi) is 3.52. The third kappa shape index (κ3) is 2.45. The summed E-state index contributed by atoms with van der Waals surface area (Å²) >= 11 is 1.70. The van der Waals surface area contributed by atoms with Crippen LogP contribution in [0.1, 0.15) is 25.6 Å². The Balaban J connectivity index is 2.07. The minimum atomic E-state index is 0.203. The maximum absolute atomic E-state index is 5.88. The van der Waals surface area contributed by atoms with Gasteiger partial charge in [-0.05, 0) is 26.3 Å².